The highest BCUT2D eigenvalue weighted by atomic mass is 16.4. The van der Waals surface area contributed by atoms with Crippen molar-refractivity contribution in [1.29, 1.82) is 0 Å². The molecule has 1 saturated heterocycles. The summed E-state index contributed by atoms with van der Waals surface area (Å²) in [6.45, 7) is 2.95. The van der Waals surface area contributed by atoms with Crippen LogP contribution in [0.1, 0.15) is 64.7 Å². The normalized spacial score (nSPS) is 24.9. The minimum Gasteiger partial charge on any atom is -0.481 e. The van der Waals surface area contributed by atoms with Gasteiger partial charge in [0.25, 0.3) is 0 Å². The van der Waals surface area contributed by atoms with E-state index >= 15 is 0 Å². The lowest BCUT2D eigenvalue weighted by Crippen LogP contribution is -2.60. The predicted octanol–water partition coefficient (Wildman–Crippen LogP) is 2.75. The first-order valence-electron chi connectivity index (χ1n) is 7.87. The molecule has 1 aliphatic heterocycles. The van der Waals surface area contributed by atoms with Crippen LogP contribution in [0.4, 0.5) is 4.79 Å². The summed E-state index contributed by atoms with van der Waals surface area (Å²) in [7, 11) is 0. The van der Waals surface area contributed by atoms with Crippen LogP contribution < -0.4 is 5.32 Å². The van der Waals surface area contributed by atoms with E-state index in [2.05, 4.69) is 12.2 Å². The molecule has 1 heterocycles. The molecule has 2 rings (SSSR count). The van der Waals surface area contributed by atoms with Crippen LogP contribution >= 0.6 is 0 Å². The van der Waals surface area contributed by atoms with Crippen LogP contribution in [0.2, 0.25) is 0 Å². The van der Waals surface area contributed by atoms with Gasteiger partial charge in [0, 0.05) is 12.6 Å². The molecule has 0 aromatic rings. The lowest BCUT2D eigenvalue weighted by atomic mass is 9.74. The summed E-state index contributed by atoms with van der Waals surface area (Å²) in [5.41, 5.74) is -0.489. The van der Waals surface area contributed by atoms with Gasteiger partial charge in [-0.15, -0.1) is 0 Å². The molecular weight excluding hydrogens is 256 g/mol. The summed E-state index contributed by atoms with van der Waals surface area (Å²) in [5, 5.41) is 12.0. The highest BCUT2D eigenvalue weighted by Crippen LogP contribution is 2.35. The molecule has 114 valence electrons. The number of hydrogen-bond acceptors (Lipinski definition) is 2. The highest BCUT2D eigenvalue weighted by molar-refractivity contribution is 5.77. The van der Waals surface area contributed by atoms with Crippen molar-refractivity contribution in [2.75, 3.05) is 6.54 Å². The number of carboxylic acids is 1. The fraction of sp³-hybridized carbons (Fsp3) is 0.867. The lowest BCUT2D eigenvalue weighted by Gasteiger charge is -2.44. The maximum atomic E-state index is 12.5. The van der Waals surface area contributed by atoms with Crippen molar-refractivity contribution in [1.82, 2.24) is 10.2 Å². The zero-order valence-electron chi connectivity index (χ0n) is 12.4. The monoisotopic (exact) mass is 282 g/mol. The first-order valence-corrected chi connectivity index (χ1v) is 7.87. The topological polar surface area (TPSA) is 69.6 Å². The number of nitrogens with zero attached hydrogens (tertiary/aromatic N) is 1. The molecule has 0 aromatic heterocycles. The standard InChI is InChI=1S/C15H26N2O3/c1-2-6-12-7-3-4-10-17(12)14(20)16-15(8-5-9-15)11-13(18)19/h12H,2-11H2,1H3,(H,16,20)(H,18,19). The first-order chi connectivity index (χ1) is 9.56. The van der Waals surface area contributed by atoms with E-state index in [0.29, 0.717) is 6.04 Å². The van der Waals surface area contributed by atoms with Crippen LogP contribution in [0.3, 0.4) is 0 Å². The minimum atomic E-state index is -0.825. The average Bonchev–Trinajstić information content (AvgIpc) is 2.36. The number of nitrogens with one attached hydrogen (secondary N) is 1. The van der Waals surface area contributed by atoms with Crippen LogP contribution in [0, 0.1) is 0 Å². The zero-order valence-corrected chi connectivity index (χ0v) is 12.4. The molecule has 1 unspecified atom stereocenters. The molecule has 1 saturated carbocycles. The van der Waals surface area contributed by atoms with Crippen LogP contribution in [-0.2, 0) is 4.79 Å². The molecule has 2 amide bonds. The Hall–Kier alpha value is -1.26. The number of aliphatic carboxylic acids is 1. The van der Waals surface area contributed by atoms with Crippen LogP contribution in [0.15, 0.2) is 0 Å². The Kier molecular flexibility index (Phi) is 4.89. The molecule has 2 aliphatic rings. The third kappa shape index (κ3) is 3.44. The number of urea groups is 1. The van der Waals surface area contributed by atoms with E-state index < -0.39 is 11.5 Å². The molecule has 5 heteroatoms. The van der Waals surface area contributed by atoms with E-state index in [9.17, 15) is 9.59 Å². The van der Waals surface area contributed by atoms with Gasteiger partial charge in [0.2, 0.25) is 0 Å². The van der Waals surface area contributed by atoms with Gasteiger partial charge in [0.1, 0.15) is 0 Å². The number of piperidine rings is 1. The molecule has 2 N–H and O–H groups in total. The minimum absolute atomic E-state index is 0.0467. The number of carbonyl (C=O) groups is 2. The van der Waals surface area contributed by atoms with Gasteiger partial charge in [0.15, 0.2) is 0 Å². The number of carbonyl (C=O) groups excluding carboxylic acids is 1. The molecule has 5 nitrogen and oxygen atoms in total. The van der Waals surface area contributed by atoms with Crippen molar-refractivity contribution in [2.45, 2.75) is 76.3 Å². The van der Waals surface area contributed by atoms with Gasteiger partial charge >= 0.3 is 12.0 Å². The van der Waals surface area contributed by atoms with Gasteiger partial charge in [-0.25, -0.2) is 4.79 Å². The average molecular weight is 282 g/mol. The summed E-state index contributed by atoms with van der Waals surface area (Å²) < 4.78 is 0. The molecule has 1 aliphatic carbocycles. The molecule has 2 fully saturated rings. The Labute approximate surface area is 120 Å². The van der Waals surface area contributed by atoms with Crippen molar-refractivity contribution in [2.24, 2.45) is 0 Å². The Morgan fingerprint density at radius 3 is 2.60 bits per heavy atom. The number of carboxylic acid groups (broad SMARTS) is 1. The number of amides is 2. The summed E-state index contributed by atoms with van der Waals surface area (Å²) >= 11 is 0. The van der Waals surface area contributed by atoms with E-state index in [1.165, 1.54) is 6.42 Å². The fourth-order valence-corrected chi connectivity index (χ4v) is 3.44. The molecule has 0 radical (unpaired) electrons. The zero-order chi connectivity index (χ0) is 14.6. The molecule has 0 spiro atoms. The largest absolute Gasteiger partial charge is 0.481 e. The second-order valence-corrected chi connectivity index (χ2v) is 6.27. The SMILES string of the molecule is CCCC1CCCCN1C(=O)NC1(CC(=O)O)CCC1. The van der Waals surface area contributed by atoms with Gasteiger partial charge in [-0.3, -0.25) is 4.79 Å². The Morgan fingerprint density at radius 1 is 1.30 bits per heavy atom. The van der Waals surface area contributed by atoms with Crippen molar-refractivity contribution >= 4 is 12.0 Å². The van der Waals surface area contributed by atoms with Crippen LogP contribution in [-0.4, -0.2) is 40.1 Å². The van der Waals surface area contributed by atoms with Gasteiger partial charge < -0.3 is 15.3 Å². The van der Waals surface area contributed by atoms with Crippen molar-refractivity contribution < 1.29 is 14.7 Å². The van der Waals surface area contributed by atoms with E-state index in [1.54, 1.807) is 0 Å². The lowest BCUT2D eigenvalue weighted by molar-refractivity contribution is -0.139. The maximum absolute atomic E-state index is 12.5. The summed E-state index contributed by atoms with van der Waals surface area (Å²) in [5.74, 6) is -0.825. The van der Waals surface area contributed by atoms with Gasteiger partial charge in [-0.05, 0) is 44.9 Å². The van der Waals surface area contributed by atoms with Crippen molar-refractivity contribution in [3.8, 4) is 0 Å². The fourth-order valence-electron chi connectivity index (χ4n) is 3.44. The molecule has 20 heavy (non-hydrogen) atoms. The Bertz CT molecular complexity index is 364. The number of hydrogen-bond donors (Lipinski definition) is 2. The maximum Gasteiger partial charge on any atom is 0.318 e. The predicted molar refractivity (Wildman–Crippen MR) is 76.6 cm³/mol. The summed E-state index contributed by atoms with van der Waals surface area (Å²) in [6.07, 6.45) is 8.07. The van der Waals surface area contributed by atoms with Crippen LogP contribution in [0.25, 0.3) is 0 Å². The van der Waals surface area contributed by atoms with Gasteiger partial charge in [0.05, 0.1) is 12.0 Å². The van der Waals surface area contributed by atoms with Gasteiger partial charge in [-0.2, -0.15) is 0 Å². The summed E-state index contributed by atoms with van der Waals surface area (Å²) in [6, 6.07) is 0.278. The number of rotatable bonds is 5. The highest BCUT2D eigenvalue weighted by Gasteiger charge is 2.42. The third-order valence-electron chi connectivity index (χ3n) is 4.68. The third-order valence-corrected chi connectivity index (χ3v) is 4.68. The summed E-state index contributed by atoms with van der Waals surface area (Å²) in [4.78, 5) is 25.4. The van der Waals surface area contributed by atoms with Gasteiger partial charge in [-0.1, -0.05) is 13.3 Å². The molecule has 0 aromatic carbocycles. The van der Waals surface area contributed by atoms with E-state index in [-0.39, 0.29) is 12.5 Å². The van der Waals surface area contributed by atoms with E-state index in [1.807, 2.05) is 4.90 Å². The van der Waals surface area contributed by atoms with E-state index in [4.69, 9.17) is 5.11 Å². The van der Waals surface area contributed by atoms with Crippen molar-refractivity contribution in [3.63, 3.8) is 0 Å². The number of likely N-dealkylation sites (tertiary alicyclic amines) is 1. The second kappa shape index (κ2) is 6.46. The Morgan fingerprint density at radius 2 is 2.05 bits per heavy atom. The Balaban J connectivity index is 1.96. The first kappa shape index (κ1) is 15.1. The molecule has 1 atom stereocenters. The quantitative estimate of drug-likeness (QED) is 0.814. The smallest absolute Gasteiger partial charge is 0.318 e. The van der Waals surface area contributed by atoms with Crippen LogP contribution in [0.5, 0.6) is 0 Å². The molecular formula is C15H26N2O3. The second-order valence-electron chi connectivity index (χ2n) is 6.27. The van der Waals surface area contributed by atoms with Crippen molar-refractivity contribution in [3.05, 3.63) is 0 Å². The van der Waals surface area contributed by atoms with E-state index in [0.717, 1.165) is 51.5 Å². The molecule has 0 bridgehead atoms.